The monoisotopic (exact) mass is 313 g/mol. The molecule has 1 aromatic heterocycles. The number of unbranched alkanes of at least 4 members (excludes halogenated alkanes) is 1. The Morgan fingerprint density at radius 2 is 2.17 bits per heavy atom. The molecule has 0 radical (unpaired) electrons. The molecule has 2 aromatic rings. The number of benzene rings is 1. The summed E-state index contributed by atoms with van der Waals surface area (Å²) in [4.78, 5) is 16.3. The first-order chi connectivity index (χ1) is 11.2. The second-order valence-electron chi connectivity index (χ2n) is 6.06. The van der Waals surface area contributed by atoms with Gasteiger partial charge in [0.05, 0.1) is 6.04 Å². The average Bonchev–Trinajstić information content (AvgIpc) is 2.94. The molecule has 2 heterocycles. The van der Waals surface area contributed by atoms with Crippen molar-refractivity contribution in [3.8, 4) is 0 Å². The molecule has 6 heteroatoms. The first-order valence-corrected chi connectivity index (χ1v) is 8.25. The molecule has 2 atom stereocenters. The number of aromatic nitrogens is 3. The number of amides is 1. The van der Waals surface area contributed by atoms with Gasteiger partial charge in [0.2, 0.25) is 11.9 Å². The lowest BCUT2D eigenvalue weighted by atomic mass is 9.99. The molecule has 0 spiro atoms. The SMILES string of the molecule is CCCCC(=O)Nc1nc2n(n1)[C@@H](c1ccccc1)C[C@@H](C)N2. The maximum Gasteiger partial charge on any atom is 0.250 e. The van der Waals surface area contributed by atoms with Gasteiger partial charge in [0.25, 0.3) is 5.95 Å². The average molecular weight is 313 g/mol. The summed E-state index contributed by atoms with van der Waals surface area (Å²) in [5, 5.41) is 10.6. The Hall–Kier alpha value is -2.37. The van der Waals surface area contributed by atoms with Crippen molar-refractivity contribution < 1.29 is 4.79 Å². The van der Waals surface area contributed by atoms with E-state index in [0.717, 1.165) is 19.3 Å². The molecule has 2 N–H and O–H groups in total. The van der Waals surface area contributed by atoms with Crippen LogP contribution in [0.25, 0.3) is 0 Å². The van der Waals surface area contributed by atoms with E-state index in [0.29, 0.717) is 24.4 Å². The third-order valence-electron chi connectivity index (χ3n) is 4.07. The van der Waals surface area contributed by atoms with Gasteiger partial charge in [-0.3, -0.25) is 10.1 Å². The van der Waals surface area contributed by atoms with E-state index in [9.17, 15) is 4.79 Å². The predicted molar refractivity (Wildman–Crippen MR) is 90.5 cm³/mol. The van der Waals surface area contributed by atoms with E-state index in [2.05, 4.69) is 46.7 Å². The Balaban J connectivity index is 1.82. The summed E-state index contributed by atoms with van der Waals surface area (Å²) in [7, 11) is 0. The number of hydrogen-bond donors (Lipinski definition) is 2. The van der Waals surface area contributed by atoms with E-state index >= 15 is 0 Å². The molecule has 0 unspecified atom stereocenters. The van der Waals surface area contributed by atoms with Crippen molar-refractivity contribution in [1.29, 1.82) is 0 Å². The molecule has 122 valence electrons. The fraction of sp³-hybridized carbons (Fsp3) is 0.471. The molecule has 0 fully saturated rings. The molecule has 0 bridgehead atoms. The van der Waals surface area contributed by atoms with Gasteiger partial charge in [-0.25, -0.2) is 4.68 Å². The Morgan fingerprint density at radius 1 is 1.39 bits per heavy atom. The van der Waals surface area contributed by atoms with Crippen LogP contribution in [0.3, 0.4) is 0 Å². The lowest BCUT2D eigenvalue weighted by Gasteiger charge is -2.29. The third-order valence-corrected chi connectivity index (χ3v) is 4.07. The van der Waals surface area contributed by atoms with Gasteiger partial charge >= 0.3 is 0 Å². The van der Waals surface area contributed by atoms with Crippen LogP contribution in [0.5, 0.6) is 0 Å². The number of carbonyl (C=O) groups is 1. The van der Waals surface area contributed by atoms with Gasteiger partial charge in [0, 0.05) is 12.5 Å². The Labute approximate surface area is 136 Å². The number of anilines is 2. The normalized spacial score (nSPS) is 19.7. The van der Waals surface area contributed by atoms with Crippen molar-refractivity contribution in [2.45, 2.75) is 51.6 Å². The fourth-order valence-electron chi connectivity index (χ4n) is 2.88. The molecule has 3 rings (SSSR count). The molecule has 1 aliphatic heterocycles. The Bertz CT molecular complexity index is 667. The fourth-order valence-corrected chi connectivity index (χ4v) is 2.88. The molecular formula is C17H23N5O. The van der Waals surface area contributed by atoms with E-state index in [-0.39, 0.29) is 11.9 Å². The highest BCUT2D eigenvalue weighted by atomic mass is 16.1. The van der Waals surface area contributed by atoms with Crippen LogP contribution in [0.15, 0.2) is 30.3 Å². The maximum atomic E-state index is 11.9. The molecule has 0 aliphatic carbocycles. The molecule has 1 aromatic carbocycles. The number of nitrogens with zero attached hydrogens (tertiary/aromatic N) is 3. The lowest BCUT2D eigenvalue weighted by Crippen LogP contribution is -2.31. The molecule has 0 saturated carbocycles. The van der Waals surface area contributed by atoms with Crippen molar-refractivity contribution >= 4 is 17.8 Å². The van der Waals surface area contributed by atoms with Crippen LogP contribution in [-0.2, 0) is 4.79 Å². The molecular weight excluding hydrogens is 290 g/mol. The Morgan fingerprint density at radius 3 is 2.91 bits per heavy atom. The summed E-state index contributed by atoms with van der Waals surface area (Å²) in [5.41, 5.74) is 1.20. The zero-order chi connectivity index (χ0) is 16.2. The summed E-state index contributed by atoms with van der Waals surface area (Å²) in [5.74, 6) is 1.06. The first kappa shape index (κ1) is 15.5. The number of hydrogen-bond acceptors (Lipinski definition) is 4. The predicted octanol–water partition coefficient (Wildman–Crippen LogP) is 3.20. The van der Waals surface area contributed by atoms with E-state index < -0.39 is 0 Å². The summed E-state index contributed by atoms with van der Waals surface area (Å²) in [6.45, 7) is 4.20. The molecule has 6 nitrogen and oxygen atoms in total. The molecule has 1 amide bonds. The van der Waals surface area contributed by atoms with Crippen LogP contribution in [0.1, 0.15) is 51.1 Å². The van der Waals surface area contributed by atoms with Gasteiger partial charge in [0.1, 0.15) is 0 Å². The third kappa shape index (κ3) is 3.52. The first-order valence-electron chi connectivity index (χ1n) is 8.25. The summed E-state index contributed by atoms with van der Waals surface area (Å²) in [6, 6.07) is 10.7. The van der Waals surface area contributed by atoms with Crippen molar-refractivity contribution in [3.63, 3.8) is 0 Å². The number of fused-ring (bicyclic) bond motifs is 1. The highest BCUT2D eigenvalue weighted by Gasteiger charge is 2.28. The van der Waals surface area contributed by atoms with Gasteiger partial charge in [-0.1, -0.05) is 43.7 Å². The standard InChI is InChI=1S/C17H23N5O/c1-3-4-10-15(23)19-16-20-17-18-12(2)11-14(22(17)21-16)13-8-6-5-7-9-13/h5-9,12,14H,3-4,10-11H2,1-2H3,(H2,18,19,20,21,23)/t12-,14-/m1/s1. The quantitative estimate of drug-likeness (QED) is 0.889. The minimum absolute atomic E-state index is 0.0286. The van der Waals surface area contributed by atoms with Crippen molar-refractivity contribution in [2.75, 3.05) is 10.6 Å². The van der Waals surface area contributed by atoms with Gasteiger partial charge in [0.15, 0.2) is 0 Å². The topological polar surface area (TPSA) is 71.8 Å². The molecule has 23 heavy (non-hydrogen) atoms. The minimum Gasteiger partial charge on any atom is -0.352 e. The minimum atomic E-state index is -0.0286. The van der Waals surface area contributed by atoms with Crippen LogP contribution in [0, 0.1) is 0 Å². The van der Waals surface area contributed by atoms with E-state index in [1.807, 2.05) is 22.9 Å². The molecule has 0 saturated heterocycles. The van der Waals surface area contributed by atoms with Gasteiger partial charge < -0.3 is 5.32 Å². The van der Waals surface area contributed by atoms with Crippen molar-refractivity contribution in [2.24, 2.45) is 0 Å². The largest absolute Gasteiger partial charge is 0.352 e. The maximum absolute atomic E-state index is 11.9. The summed E-state index contributed by atoms with van der Waals surface area (Å²) < 4.78 is 1.88. The highest BCUT2D eigenvalue weighted by Crippen LogP contribution is 2.31. The zero-order valence-corrected chi connectivity index (χ0v) is 13.6. The van der Waals surface area contributed by atoms with E-state index in [1.165, 1.54) is 5.56 Å². The van der Waals surface area contributed by atoms with Crippen LogP contribution in [0.4, 0.5) is 11.9 Å². The molecule has 1 aliphatic rings. The number of carbonyl (C=O) groups excluding carboxylic acids is 1. The van der Waals surface area contributed by atoms with Gasteiger partial charge in [-0.15, -0.1) is 5.10 Å². The van der Waals surface area contributed by atoms with Gasteiger partial charge in [-0.2, -0.15) is 4.98 Å². The van der Waals surface area contributed by atoms with E-state index in [4.69, 9.17) is 0 Å². The van der Waals surface area contributed by atoms with Gasteiger partial charge in [-0.05, 0) is 25.3 Å². The van der Waals surface area contributed by atoms with Crippen LogP contribution >= 0.6 is 0 Å². The van der Waals surface area contributed by atoms with Crippen molar-refractivity contribution in [3.05, 3.63) is 35.9 Å². The summed E-state index contributed by atoms with van der Waals surface area (Å²) >= 11 is 0. The number of nitrogens with one attached hydrogen (secondary N) is 2. The second kappa shape index (κ2) is 6.81. The lowest BCUT2D eigenvalue weighted by molar-refractivity contribution is -0.116. The highest BCUT2D eigenvalue weighted by molar-refractivity contribution is 5.88. The van der Waals surface area contributed by atoms with Crippen LogP contribution in [0.2, 0.25) is 0 Å². The number of rotatable bonds is 5. The second-order valence-corrected chi connectivity index (χ2v) is 6.06. The van der Waals surface area contributed by atoms with E-state index in [1.54, 1.807) is 0 Å². The van der Waals surface area contributed by atoms with Crippen molar-refractivity contribution in [1.82, 2.24) is 14.8 Å². The smallest absolute Gasteiger partial charge is 0.250 e. The Kier molecular flexibility index (Phi) is 4.60. The van der Waals surface area contributed by atoms with Crippen LogP contribution in [-0.4, -0.2) is 26.7 Å². The zero-order valence-electron chi connectivity index (χ0n) is 13.6. The summed E-state index contributed by atoms with van der Waals surface area (Å²) in [6.07, 6.45) is 3.31. The van der Waals surface area contributed by atoms with Crippen LogP contribution < -0.4 is 10.6 Å².